The summed E-state index contributed by atoms with van der Waals surface area (Å²) in [5.74, 6) is -0.176. The van der Waals surface area contributed by atoms with Crippen LogP contribution in [0.2, 0.25) is 0 Å². The zero-order chi connectivity index (χ0) is 21.4. The molecule has 0 aliphatic carbocycles. The number of hydrogen-bond donors (Lipinski definition) is 1. The summed E-state index contributed by atoms with van der Waals surface area (Å²) in [7, 11) is -3.64. The number of amides is 1. The molecular weight excluding hydrogens is 396 g/mol. The number of hydrogen-bond acceptors (Lipinski definition) is 3. The third-order valence-electron chi connectivity index (χ3n) is 4.58. The first-order chi connectivity index (χ1) is 14.5. The fourth-order valence-electron chi connectivity index (χ4n) is 2.98. The normalized spacial score (nSPS) is 11.2. The lowest BCUT2D eigenvalue weighted by Crippen LogP contribution is -2.30. The first-order valence-corrected chi connectivity index (χ1v) is 11.0. The van der Waals surface area contributed by atoms with Crippen LogP contribution in [0.5, 0.6) is 0 Å². The van der Waals surface area contributed by atoms with E-state index >= 15 is 0 Å². The highest BCUT2D eigenvalue weighted by molar-refractivity contribution is 7.89. The Hall–Kier alpha value is -3.22. The Labute approximate surface area is 177 Å². The van der Waals surface area contributed by atoms with Crippen molar-refractivity contribution in [3.63, 3.8) is 0 Å². The lowest BCUT2D eigenvalue weighted by atomic mass is 10.1. The molecule has 154 valence electrons. The molecule has 0 bridgehead atoms. The van der Waals surface area contributed by atoms with Crippen LogP contribution in [0.15, 0.2) is 102 Å². The third-order valence-corrected chi connectivity index (χ3v) is 6.41. The predicted molar refractivity (Wildman–Crippen MR) is 118 cm³/mol. The summed E-state index contributed by atoms with van der Waals surface area (Å²) >= 11 is 0. The van der Waals surface area contributed by atoms with Crippen molar-refractivity contribution in [1.29, 1.82) is 0 Å². The second kappa shape index (κ2) is 10.0. The van der Waals surface area contributed by atoms with E-state index in [-0.39, 0.29) is 23.9 Å². The molecule has 1 N–H and O–H groups in total. The molecule has 1 amide bonds. The maximum Gasteiger partial charge on any atom is 0.251 e. The van der Waals surface area contributed by atoms with Crippen molar-refractivity contribution >= 4 is 15.9 Å². The highest BCUT2D eigenvalue weighted by Crippen LogP contribution is 2.18. The monoisotopic (exact) mass is 420 g/mol. The quantitative estimate of drug-likeness (QED) is 0.532. The van der Waals surface area contributed by atoms with Crippen LogP contribution < -0.4 is 5.32 Å². The van der Waals surface area contributed by atoms with E-state index in [1.54, 1.807) is 60.7 Å². The molecule has 0 radical (unpaired) electrons. The van der Waals surface area contributed by atoms with Gasteiger partial charge in [-0.05, 0) is 35.4 Å². The van der Waals surface area contributed by atoms with Crippen molar-refractivity contribution < 1.29 is 13.2 Å². The van der Waals surface area contributed by atoms with Gasteiger partial charge in [-0.25, -0.2) is 8.42 Å². The first-order valence-electron chi connectivity index (χ1n) is 9.58. The van der Waals surface area contributed by atoms with Gasteiger partial charge in [0.1, 0.15) is 0 Å². The highest BCUT2D eigenvalue weighted by Gasteiger charge is 2.23. The minimum atomic E-state index is -3.64. The lowest BCUT2D eigenvalue weighted by molar-refractivity contribution is 0.0951. The van der Waals surface area contributed by atoms with Crippen LogP contribution in [0.3, 0.4) is 0 Å². The molecule has 0 aliphatic heterocycles. The molecule has 0 heterocycles. The van der Waals surface area contributed by atoms with Crippen LogP contribution in [0, 0.1) is 0 Å². The molecule has 0 aromatic heterocycles. The molecule has 3 rings (SSSR count). The van der Waals surface area contributed by atoms with Crippen molar-refractivity contribution in [2.45, 2.75) is 18.0 Å². The van der Waals surface area contributed by atoms with Crippen LogP contribution in [0.1, 0.15) is 21.5 Å². The molecule has 0 saturated carbocycles. The van der Waals surface area contributed by atoms with Gasteiger partial charge in [-0.1, -0.05) is 66.7 Å². The van der Waals surface area contributed by atoms with E-state index < -0.39 is 10.0 Å². The van der Waals surface area contributed by atoms with Gasteiger partial charge in [-0.3, -0.25) is 4.79 Å². The summed E-state index contributed by atoms with van der Waals surface area (Å²) < 4.78 is 27.2. The Morgan fingerprint density at radius 1 is 0.867 bits per heavy atom. The van der Waals surface area contributed by atoms with E-state index in [9.17, 15) is 13.2 Å². The number of nitrogens with zero attached hydrogens (tertiary/aromatic N) is 1. The topological polar surface area (TPSA) is 66.5 Å². The van der Waals surface area contributed by atoms with Gasteiger partial charge in [0.05, 0.1) is 4.90 Å². The van der Waals surface area contributed by atoms with E-state index in [1.165, 1.54) is 4.31 Å². The minimum Gasteiger partial charge on any atom is -0.348 e. The minimum absolute atomic E-state index is 0.176. The van der Waals surface area contributed by atoms with Crippen molar-refractivity contribution in [3.8, 4) is 0 Å². The highest BCUT2D eigenvalue weighted by atomic mass is 32.2. The van der Waals surface area contributed by atoms with Crippen LogP contribution in [0.4, 0.5) is 0 Å². The first kappa shape index (κ1) is 21.5. The third kappa shape index (κ3) is 5.43. The molecule has 5 nitrogen and oxygen atoms in total. The maximum absolute atomic E-state index is 12.9. The zero-order valence-corrected chi connectivity index (χ0v) is 17.4. The van der Waals surface area contributed by atoms with E-state index in [4.69, 9.17) is 0 Å². The Balaban J connectivity index is 1.68. The average molecular weight is 421 g/mol. The van der Waals surface area contributed by atoms with Gasteiger partial charge >= 0.3 is 0 Å². The SMILES string of the molecule is C=CCN(Cc1ccc(C(=O)NCc2ccccc2)cc1)S(=O)(=O)c1ccccc1. The van der Waals surface area contributed by atoms with E-state index in [2.05, 4.69) is 11.9 Å². The van der Waals surface area contributed by atoms with Gasteiger partial charge in [0.2, 0.25) is 10.0 Å². The van der Waals surface area contributed by atoms with Crippen LogP contribution in [-0.4, -0.2) is 25.2 Å². The molecule has 0 aliphatic rings. The average Bonchev–Trinajstić information content (AvgIpc) is 2.79. The smallest absolute Gasteiger partial charge is 0.251 e. The molecule has 3 aromatic rings. The Bertz CT molecular complexity index is 1080. The fraction of sp³-hybridized carbons (Fsp3) is 0.125. The van der Waals surface area contributed by atoms with Crippen LogP contribution in [0.25, 0.3) is 0 Å². The van der Waals surface area contributed by atoms with Gasteiger partial charge < -0.3 is 5.32 Å². The van der Waals surface area contributed by atoms with Gasteiger partial charge in [-0.2, -0.15) is 4.31 Å². The Morgan fingerprint density at radius 2 is 1.47 bits per heavy atom. The lowest BCUT2D eigenvalue weighted by Gasteiger charge is -2.21. The summed E-state index contributed by atoms with van der Waals surface area (Å²) in [4.78, 5) is 12.6. The second-order valence-electron chi connectivity index (χ2n) is 6.76. The second-order valence-corrected chi connectivity index (χ2v) is 8.70. The van der Waals surface area contributed by atoms with Crippen molar-refractivity contribution in [2.75, 3.05) is 6.54 Å². The standard InChI is InChI=1S/C24H24N2O3S/c1-2-17-26(30(28,29)23-11-7-4-8-12-23)19-21-13-15-22(16-14-21)24(27)25-18-20-9-5-3-6-10-20/h2-16H,1,17-19H2,(H,25,27). The summed E-state index contributed by atoms with van der Waals surface area (Å²) in [5, 5.41) is 2.88. The van der Waals surface area contributed by atoms with Crippen molar-refractivity contribution in [2.24, 2.45) is 0 Å². The molecule has 0 atom stereocenters. The Kier molecular flexibility index (Phi) is 7.17. The van der Waals surface area contributed by atoms with Gasteiger partial charge in [0.25, 0.3) is 5.91 Å². The van der Waals surface area contributed by atoms with Crippen LogP contribution >= 0.6 is 0 Å². The number of sulfonamides is 1. The van der Waals surface area contributed by atoms with E-state index in [0.29, 0.717) is 12.1 Å². The fourth-order valence-corrected chi connectivity index (χ4v) is 4.40. The largest absolute Gasteiger partial charge is 0.348 e. The molecular formula is C24H24N2O3S. The summed E-state index contributed by atoms with van der Waals surface area (Å²) in [5.41, 5.74) is 2.33. The molecule has 6 heteroatoms. The molecule has 0 unspecified atom stereocenters. The van der Waals surface area contributed by atoms with Gasteiger partial charge in [-0.15, -0.1) is 6.58 Å². The number of rotatable bonds is 9. The number of carbonyl (C=O) groups is 1. The molecule has 30 heavy (non-hydrogen) atoms. The molecule has 3 aromatic carbocycles. The van der Waals surface area contributed by atoms with Crippen molar-refractivity contribution in [3.05, 3.63) is 114 Å². The van der Waals surface area contributed by atoms with E-state index in [1.807, 2.05) is 30.3 Å². The predicted octanol–water partition coefficient (Wildman–Crippen LogP) is 3.99. The van der Waals surface area contributed by atoms with Crippen molar-refractivity contribution in [1.82, 2.24) is 9.62 Å². The van der Waals surface area contributed by atoms with Gasteiger partial charge in [0.15, 0.2) is 0 Å². The summed E-state index contributed by atoms with van der Waals surface area (Å²) in [6.07, 6.45) is 1.56. The summed E-state index contributed by atoms with van der Waals surface area (Å²) in [6, 6.07) is 25.0. The number of nitrogens with one attached hydrogen (secondary N) is 1. The molecule has 0 saturated heterocycles. The molecule has 0 spiro atoms. The maximum atomic E-state index is 12.9. The van der Waals surface area contributed by atoms with E-state index in [0.717, 1.165) is 11.1 Å². The number of benzene rings is 3. The Morgan fingerprint density at radius 3 is 2.07 bits per heavy atom. The van der Waals surface area contributed by atoms with Crippen LogP contribution in [-0.2, 0) is 23.1 Å². The van der Waals surface area contributed by atoms with Gasteiger partial charge in [0, 0.05) is 25.2 Å². The molecule has 0 fully saturated rings. The zero-order valence-electron chi connectivity index (χ0n) is 16.6. The summed E-state index contributed by atoms with van der Waals surface area (Å²) in [6.45, 7) is 4.50. The number of carbonyl (C=O) groups excluding carboxylic acids is 1.